The summed E-state index contributed by atoms with van der Waals surface area (Å²) in [6.07, 6.45) is 0. The molecule has 3 N–H and O–H groups in total. The number of nitro benzene ring substituents is 1. The van der Waals surface area contributed by atoms with Crippen molar-refractivity contribution in [2.75, 3.05) is 5.32 Å². The molecule has 1 atom stereocenters. The Kier molecular flexibility index (Phi) is 4.24. The van der Waals surface area contributed by atoms with Crippen LogP contribution in [0.4, 0.5) is 15.8 Å². The zero-order chi connectivity index (χ0) is 15.4. The molecule has 6 nitrogen and oxygen atoms in total. The average Bonchev–Trinajstić information content (AvgIpc) is 2.47. The number of nitro groups is 1. The third kappa shape index (κ3) is 3.40. The predicted molar refractivity (Wildman–Crippen MR) is 75.1 cm³/mol. The number of nitrogens with zero attached hydrogens (tertiary/aromatic N) is 1. The van der Waals surface area contributed by atoms with Crippen LogP contribution in [0.25, 0.3) is 0 Å². The van der Waals surface area contributed by atoms with Gasteiger partial charge in [0.25, 0.3) is 5.69 Å². The zero-order valence-corrected chi connectivity index (χ0v) is 10.8. The van der Waals surface area contributed by atoms with Crippen LogP contribution in [-0.4, -0.2) is 10.8 Å². The minimum Gasteiger partial charge on any atom is -0.319 e. The number of nitrogens with one attached hydrogen (secondary N) is 1. The molecule has 2 rings (SSSR count). The first-order chi connectivity index (χ1) is 9.99. The van der Waals surface area contributed by atoms with Crippen LogP contribution in [0.2, 0.25) is 0 Å². The Morgan fingerprint density at radius 2 is 1.90 bits per heavy atom. The topological polar surface area (TPSA) is 98.3 Å². The fourth-order valence-electron chi connectivity index (χ4n) is 1.79. The molecular formula is C14H12FN3O3. The van der Waals surface area contributed by atoms with E-state index in [2.05, 4.69) is 5.32 Å². The average molecular weight is 289 g/mol. The fourth-order valence-corrected chi connectivity index (χ4v) is 1.79. The van der Waals surface area contributed by atoms with Crippen molar-refractivity contribution in [2.24, 2.45) is 5.73 Å². The number of hydrogen-bond acceptors (Lipinski definition) is 4. The van der Waals surface area contributed by atoms with E-state index in [4.69, 9.17) is 5.73 Å². The molecule has 0 heterocycles. The third-order valence-corrected chi connectivity index (χ3v) is 2.85. The van der Waals surface area contributed by atoms with Gasteiger partial charge in [0.1, 0.15) is 17.5 Å². The molecule has 1 amide bonds. The van der Waals surface area contributed by atoms with Crippen LogP contribution >= 0.6 is 0 Å². The van der Waals surface area contributed by atoms with Crippen molar-refractivity contribution in [1.29, 1.82) is 0 Å². The van der Waals surface area contributed by atoms with Crippen molar-refractivity contribution in [1.82, 2.24) is 0 Å². The zero-order valence-electron chi connectivity index (χ0n) is 10.8. The molecule has 0 spiro atoms. The quantitative estimate of drug-likeness (QED) is 0.666. The number of benzene rings is 2. The van der Waals surface area contributed by atoms with Gasteiger partial charge in [0.15, 0.2) is 0 Å². The van der Waals surface area contributed by atoms with Gasteiger partial charge in [-0.1, -0.05) is 30.3 Å². The van der Waals surface area contributed by atoms with Gasteiger partial charge in [0, 0.05) is 12.1 Å². The Bertz CT molecular complexity index is 676. The predicted octanol–water partition coefficient (Wildman–Crippen LogP) is 2.37. The first kappa shape index (κ1) is 14.6. The standard InChI is InChI=1S/C14H12FN3O3/c15-10-6-7-12(18(20)21)11(8-10)17-14(19)13(16)9-4-2-1-3-5-9/h1-8,13H,16H2,(H,17,19)/t13-/m0/s1. The molecule has 2 aromatic carbocycles. The van der Waals surface area contributed by atoms with E-state index < -0.39 is 28.4 Å². The number of carbonyl (C=O) groups is 1. The summed E-state index contributed by atoms with van der Waals surface area (Å²) in [5, 5.41) is 13.1. The number of rotatable bonds is 4. The number of hydrogen-bond donors (Lipinski definition) is 2. The summed E-state index contributed by atoms with van der Waals surface area (Å²) in [5.74, 6) is -1.35. The highest BCUT2D eigenvalue weighted by atomic mass is 19.1. The van der Waals surface area contributed by atoms with E-state index in [1.54, 1.807) is 30.3 Å². The van der Waals surface area contributed by atoms with Gasteiger partial charge in [-0.15, -0.1) is 0 Å². The summed E-state index contributed by atoms with van der Waals surface area (Å²) in [6.45, 7) is 0. The number of anilines is 1. The van der Waals surface area contributed by atoms with E-state index in [-0.39, 0.29) is 5.69 Å². The van der Waals surface area contributed by atoms with Gasteiger partial charge in [-0.25, -0.2) is 4.39 Å². The Hall–Kier alpha value is -2.80. The molecule has 0 bridgehead atoms. The summed E-state index contributed by atoms with van der Waals surface area (Å²) in [4.78, 5) is 22.2. The molecule has 0 aliphatic carbocycles. The normalized spacial score (nSPS) is 11.7. The first-order valence-electron chi connectivity index (χ1n) is 6.04. The molecule has 2 aromatic rings. The van der Waals surface area contributed by atoms with Crippen LogP contribution in [-0.2, 0) is 4.79 Å². The van der Waals surface area contributed by atoms with Crippen LogP contribution in [0.5, 0.6) is 0 Å². The van der Waals surface area contributed by atoms with Gasteiger partial charge in [0.2, 0.25) is 5.91 Å². The highest BCUT2D eigenvalue weighted by Gasteiger charge is 2.21. The summed E-state index contributed by atoms with van der Waals surface area (Å²) in [7, 11) is 0. The van der Waals surface area contributed by atoms with E-state index in [0.29, 0.717) is 5.56 Å². The van der Waals surface area contributed by atoms with Gasteiger partial charge < -0.3 is 11.1 Å². The van der Waals surface area contributed by atoms with E-state index in [9.17, 15) is 19.3 Å². The second-order valence-corrected chi connectivity index (χ2v) is 4.30. The lowest BCUT2D eigenvalue weighted by atomic mass is 10.1. The lowest BCUT2D eigenvalue weighted by Crippen LogP contribution is -2.28. The fraction of sp³-hybridized carbons (Fsp3) is 0.0714. The summed E-state index contributed by atoms with van der Waals surface area (Å²) in [5.41, 5.74) is 5.70. The minimum atomic E-state index is -1.01. The minimum absolute atomic E-state index is 0.226. The highest BCUT2D eigenvalue weighted by Crippen LogP contribution is 2.26. The molecule has 21 heavy (non-hydrogen) atoms. The van der Waals surface area contributed by atoms with Crippen molar-refractivity contribution in [3.8, 4) is 0 Å². The van der Waals surface area contributed by atoms with E-state index in [0.717, 1.165) is 18.2 Å². The number of amides is 1. The van der Waals surface area contributed by atoms with Crippen LogP contribution in [0.1, 0.15) is 11.6 Å². The van der Waals surface area contributed by atoms with E-state index >= 15 is 0 Å². The molecule has 0 aromatic heterocycles. The number of nitrogens with two attached hydrogens (primary N) is 1. The Morgan fingerprint density at radius 3 is 2.52 bits per heavy atom. The van der Waals surface area contributed by atoms with Gasteiger partial charge in [-0.2, -0.15) is 0 Å². The third-order valence-electron chi connectivity index (χ3n) is 2.85. The SMILES string of the molecule is N[C@H](C(=O)Nc1cc(F)ccc1[N+](=O)[O-])c1ccccc1. The molecule has 0 radical (unpaired) electrons. The molecule has 0 saturated carbocycles. The van der Waals surface area contributed by atoms with Gasteiger partial charge in [0.05, 0.1) is 4.92 Å². The molecule has 0 aliphatic heterocycles. The van der Waals surface area contributed by atoms with Crippen molar-refractivity contribution >= 4 is 17.3 Å². The first-order valence-corrected chi connectivity index (χ1v) is 6.04. The molecule has 0 fully saturated rings. The summed E-state index contributed by atoms with van der Waals surface area (Å²) < 4.78 is 13.2. The van der Waals surface area contributed by atoms with Gasteiger partial charge in [-0.05, 0) is 11.6 Å². The largest absolute Gasteiger partial charge is 0.319 e. The maximum atomic E-state index is 13.2. The Labute approximate surface area is 119 Å². The second-order valence-electron chi connectivity index (χ2n) is 4.30. The van der Waals surface area contributed by atoms with E-state index in [1.165, 1.54) is 0 Å². The summed E-state index contributed by atoms with van der Waals surface area (Å²) >= 11 is 0. The summed E-state index contributed by atoms with van der Waals surface area (Å²) in [6, 6.07) is 10.3. The highest BCUT2D eigenvalue weighted by molar-refractivity contribution is 5.97. The van der Waals surface area contributed by atoms with Gasteiger partial charge >= 0.3 is 0 Å². The molecule has 0 unspecified atom stereocenters. The van der Waals surface area contributed by atoms with Gasteiger partial charge in [-0.3, -0.25) is 14.9 Å². The molecule has 0 saturated heterocycles. The molecule has 108 valence electrons. The van der Waals surface area contributed by atoms with Crippen LogP contribution in [0, 0.1) is 15.9 Å². The van der Waals surface area contributed by atoms with Crippen LogP contribution in [0.3, 0.4) is 0 Å². The van der Waals surface area contributed by atoms with E-state index in [1.807, 2.05) is 0 Å². The molecule has 7 heteroatoms. The van der Waals surface area contributed by atoms with Crippen LogP contribution < -0.4 is 11.1 Å². The van der Waals surface area contributed by atoms with Crippen molar-refractivity contribution in [2.45, 2.75) is 6.04 Å². The molecule has 0 aliphatic rings. The Morgan fingerprint density at radius 1 is 1.24 bits per heavy atom. The smallest absolute Gasteiger partial charge is 0.292 e. The van der Waals surface area contributed by atoms with Crippen LogP contribution in [0.15, 0.2) is 48.5 Å². The molecular weight excluding hydrogens is 277 g/mol. The van der Waals surface area contributed by atoms with Crippen molar-refractivity contribution < 1.29 is 14.1 Å². The second kappa shape index (κ2) is 6.10. The monoisotopic (exact) mass is 289 g/mol. The Balaban J connectivity index is 2.24. The number of halogens is 1. The lowest BCUT2D eigenvalue weighted by molar-refractivity contribution is -0.384. The van der Waals surface area contributed by atoms with Crippen molar-refractivity contribution in [3.05, 3.63) is 70.0 Å². The number of carbonyl (C=O) groups excluding carboxylic acids is 1. The maximum Gasteiger partial charge on any atom is 0.292 e. The van der Waals surface area contributed by atoms with Crippen molar-refractivity contribution in [3.63, 3.8) is 0 Å². The lowest BCUT2D eigenvalue weighted by Gasteiger charge is -2.12. The maximum absolute atomic E-state index is 13.2.